The number of hydrogen-bond acceptors (Lipinski definition) is 0. The molecule has 0 aliphatic heterocycles. The molecule has 0 aromatic heterocycles. The van der Waals surface area contributed by atoms with Gasteiger partial charge in [0.05, 0.1) is 0 Å². The summed E-state index contributed by atoms with van der Waals surface area (Å²) in [5.41, 5.74) is 1.99. The molecule has 0 atom stereocenters. The molecule has 0 nitrogen and oxygen atoms in total. The predicted octanol–water partition coefficient (Wildman–Crippen LogP) is 7.31. The van der Waals surface area contributed by atoms with E-state index in [0.29, 0.717) is 17.5 Å². The molecule has 0 fully saturated rings. The van der Waals surface area contributed by atoms with Crippen molar-refractivity contribution in [3.63, 3.8) is 0 Å². The summed E-state index contributed by atoms with van der Waals surface area (Å²) in [6.45, 7) is 2.10. The Kier molecular flexibility index (Phi) is 5.94. The zero-order valence-electron chi connectivity index (χ0n) is 15.0. The molecule has 0 saturated carbocycles. The van der Waals surface area contributed by atoms with Gasteiger partial charge in [0, 0.05) is 11.1 Å². The van der Waals surface area contributed by atoms with Gasteiger partial charge in [-0.15, -0.1) is 0 Å². The van der Waals surface area contributed by atoms with Gasteiger partial charge >= 0.3 is 0 Å². The van der Waals surface area contributed by atoms with Crippen molar-refractivity contribution in [3.8, 4) is 22.3 Å². The molecule has 0 saturated heterocycles. The molecule has 0 heterocycles. The van der Waals surface area contributed by atoms with Crippen LogP contribution in [0, 0.1) is 23.3 Å². The number of benzene rings is 3. The molecule has 0 N–H and O–H groups in total. The number of unbranched alkanes of at least 4 members (excludes halogenated alkanes) is 2. The lowest BCUT2D eigenvalue weighted by atomic mass is 9.91. The quantitative estimate of drug-likeness (QED) is 0.242. The third-order valence-electron chi connectivity index (χ3n) is 4.64. The summed E-state index contributed by atoms with van der Waals surface area (Å²) in [4.78, 5) is 0. The van der Waals surface area contributed by atoms with Crippen molar-refractivity contribution in [3.05, 3.63) is 83.4 Å². The van der Waals surface area contributed by atoms with Gasteiger partial charge in [0.25, 0.3) is 0 Å². The average molecular weight is 372 g/mol. The van der Waals surface area contributed by atoms with Crippen LogP contribution in [0.3, 0.4) is 0 Å². The second-order valence-corrected chi connectivity index (χ2v) is 6.54. The van der Waals surface area contributed by atoms with Crippen LogP contribution in [0.2, 0.25) is 0 Å². The Bertz CT molecular complexity index is 910. The molecule has 3 aromatic carbocycles. The maximum atomic E-state index is 15.4. The summed E-state index contributed by atoms with van der Waals surface area (Å²) in [6.07, 6.45) is 3.72. The number of hydrogen-bond donors (Lipinski definition) is 0. The van der Waals surface area contributed by atoms with Crippen molar-refractivity contribution in [2.24, 2.45) is 0 Å². The van der Waals surface area contributed by atoms with Crippen molar-refractivity contribution in [1.29, 1.82) is 0 Å². The van der Waals surface area contributed by atoms with E-state index in [0.717, 1.165) is 37.0 Å². The topological polar surface area (TPSA) is 0 Å². The van der Waals surface area contributed by atoms with Crippen LogP contribution in [0.4, 0.5) is 17.6 Å². The first-order chi connectivity index (χ1) is 13.0. The Morgan fingerprint density at radius 2 is 1.37 bits per heavy atom. The Morgan fingerprint density at radius 1 is 0.704 bits per heavy atom. The molecular weight excluding hydrogens is 352 g/mol. The highest BCUT2D eigenvalue weighted by Crippen LogP contribution is 2.35. The first kappa shape index (κ1) is 19.2. The summed E-state index contributed by atoms with van der Waals surface area (Å²) in [7, 11) is 0. The summed E-state index contributed by atoms with van der Waals surface area (Å²) >= 11 is 0. The zero-order valence-corrected chi connectivity index (χ0v) is 15.0. The van der Waals surface area contributed by atoms with Crippen molar-refractivity contribution < 1.29 is 17.6 Å². The smallest absolute Gasteiger partial charge is 0.194 e. The van der Waals surface area contributed by atoms with Crippen LogP contribution in [0.5, 0.6) is 0 Å². The van der Waals surface area contributed by atoms with Gasteiger partial charge in [0.1, 0.15) is 5.82 Å². The molecule has 3 rings (SSSR count). The van der Waals surface area contributed by atoms with Crippen LogP contribution < -0.4 is 0 Å². The fourth-order valence-corrected chi connectivity index (χ4v) is 3.24. The molecule has 0 bridgehead atoms. The molecule has 27 heavy (non-hydrogen) atoms. The minimum absolute atomic E-state index is 0.0267. The van der Waals surface area contributed by atoms with Crippen molar-refractivity contribution in [1.82, 2.24) is 0 Å². The molecule has 3 aromatic rings. The van der Waals surface area contributed by atoms with E-state index in [1.807, 2.05) is 18.2 Å². The Labute approximate surface area is 156 Å². The third kappa shape index (κ3) is 4.05. The van der Waals surface area contributed by atoms with Crippen LogP contribution in [-0.2, 0) is 6.42 Å². The van der Waals surface area contributed by atoms with Crippen LogP contribution in [0.1, 0.15) is 31.7 Å². The predicted molar refractivity (Wildman–Crippen MR) is 100 cm³/mol. The van der Waals surface area contributed by atoms with Gasteiger partial charge in [-0.2, -0.15) is 0 Å². The molecule has 0 amide bonds. The van der Waals surface area contributed by atoms with E-state index in [1.54, 1.807) is 18.2 Å². The number of halogens is 4. The average Bonchev–Trinajstić information content (AvgIpc) is 2.67. The van der Waals surface area contributed by atoms with Crippen molar-refractivity contribution in [2.75, 3.05) is 0 Å². The van der Waals surface area contributed by atoms with Gasteiger partial charge in [-0.3, -0.25) is 0 Å². The minimum atomic E-state index is -1.56. The maximum Gasteiger partial charge on any atom is 0.194 e. The van der Waals surface area contributed by atoms with E-state index in [9.17, 15) is 13.2 Å². The molecule has 0 aliphatic rings. The maximum absolute atomic E-state index is 15.4. The van der Waals surface area contributed by atoms with E-state index in [2.05, 4.69) is 6.92 Å². The van der Waals surface area contributed by atoms with E-state index in [4.69, 9.17) is 0 Å². The standard InChI is InChI=1S/C23H20F4/c1-2-3-5-8-16-11-12-18(17-13-19(24)23(27)20(25)14-17)22(26)21(16)15-9-6-4-7-10-15/h4,6-7,9-14H,2-3,5,8H2,1H3. The largest absolute Gasteiger partial charge is 0.206 e. The molecule has 0 spiro atoms. The molecule has 0 aliphatic carbocycles. The van der Waals surface area contributed by atoms with Crippen LogP contribution in [0.15, 0.2) is 54.6 Å². The normalized spacial score (nSPS) is 11.0. The SMILES string of the molecule is CCCCCc1ccc(-c2cc(F)c(F)c(F)c2)c(F)c1-c1ccccc1. The summed E-state index contributed by atoms with van der Waals surface area (Å²) < 4.78 is 56.0. The monoisotopic (exact) mass is 372 g/mol. The molecule has 4 heteroatoms. The summed E-state index contributed by atoms with van der Waals surface area (Å²) in [5.74, 6) is -4.78. The Balaban J connectivity index is 2.15. The van der Waals surface area contributed by atoms with Gasteiger partial charge in [0.15, 0.2) is 17.5 Å². The van der Waals surface area contributed by atoms with Gasteiger partial charge in [-0.05, 0) is 41.7 Å². The van der Waals surface area contributed by atoms with E-state index in [1.165, 1.54) is 6.07 Å². The van der Waals surface area contributed by atoms with Crippen LogP contribution in [-0.4, -0.2) is 0 Å². The first-order valence-corrected chi connectivity index (χ1v) is 9.04. The fraction of sp³-hybridized carbons (Fsp3) is 0.217. The molecular formula is C23H20F4. The van der Waals surface area contributed by atoms with Crippen molar-refractivity contribution in [2.45, 2.75) is 32.6 Å². The lowest BCUT2D eigenvalue weighted by Crippen LogP contribution is -1.99. The van der Waals surface area contributed by atoms with E-state index in [-0.39, 0.29) is 11.1 Å². The lowest BCUT2D eigenvalue weighted by Gasteiger charge is -2.15. The first-order valence-electron chi connectivity index (χ1n) is 9.04. The molecule has 140 valence electrons. The van der Waals surface area contributed by atoms with E-state index < -0.39 is 23.3 Å². The van der Waals surface area contributed by atoms with Gasteiger partial charge in [0.2, 0.25) is 0 Å². The van der Waals surface area contributed by atoms with Crippen LogP contribution in [0.25, 0.3) is 22.3 Å². The second-order valence-electron chi connectivity index (χ2n) is 6.54. The Morgan fingerprint density at radius 3 is 2.00 bits per heavy atom. The number of aryl methyl sites for hydroxylation is 1. The third-order valence-corrected chi connectivity index (χ3v) is 4.64. The molecule has 0 radical (unpaired) electrons. The lowest BCUT2D eigenvalue weighted by molar-refractivity contribution is 0.447. The van der Waals surface area contributed by atoms with Gasteiger partial charge in [-0.1, -0.05) is 62.2 Å². The van der Waals surface area contributed by atoms with E-state index >= 15 is 4.39 Å². The molecule has 0 unspecified atom stereocenters. The minimum Gasteiger partial charge on any atom is -0.206 e. The van der Waals surface area contributed by atoms with Gasteiger partial charge < -0.3 is 0 Å². The summed E-state index contributed by atoms with van der Waals surface area (Å²) in [6, 6.07) is 14.0. The van der Waals surface area contributed by atoms with Crippen LogP contribution >= 0.6 is 0 Å². The van der Waals surface area contributed by atoms with Gasteiger partial charge in [-0.25, -0.2) is 17.6 Å². The second kappa shape index (κ2) is 8.38. The zero-order chi connectivity index (χ0) is 19.4. The fourth-order valence-electron chi connectivity index (χ4n) is 3.24. The van der Waals surface area contributed by atoms with Crippen molar-refractivity contribution >= 4 is 0 Å². The summed E-state index contributed by atoms with van der Waals surface area (Å²) in [5, 5.41) is 0. The highest BCUT2D eigenvalue weighted by Gasteiger charge is 2.19. The number of rotatable bonds is 6. The highest BCUT2D eigenvalue weighted by atomic mass is 19.2. The Hall–Kier alpha value is -2.62. The highest BCUT2D eigenvalue weighted by molar-refractivity contribution is 5.76.